The lowest BCUT2D eigenvalue weighted by molar-refractivity contribution is 0.499. The van der Waals surface area contributed by atoms with E-state index in [1.165, 1.54) is 4.88 Å². The average Bonchev–Trinajstić information content (AvgIpc) is 3.08. The third kappa shape index (κ3) is 4.08. The zero-order valence-electron chi connectivity index (χ0n) is 11.6. The minimum absolute atomic E-state index is 0.875. The van der Waals surface area contributed by atoms with Crippen molar-refractivity contribution >= 4 is 16.5 Å². The highest BCUT2D eigenvalue weighted by molar-refractivity contribution is 7.15. The summed E-state index contributed by atoms with van der Waals surface area (Å²) in [5.41, 5.74) is 0. The minimum atomic E-state index is 0.875. The Morgan fingerprint density at radius 1 is 1.37 bits per heavy atom. The Hall–Kier alpha value is -1.33. The molecule has 0 bridgehead atoms. The first-order chi connectivity index (χ1) is 9.33. The van der Waals surface area contributed by atoms with Crippen molar-refractivity contribution in [3.05, 3.63) is 35.2 Å². The van der Waals surface area contributed by atoms with Crippen LogP contribution in [0.2, 0.25) is 0 Å². The van der Waals surface area contributed by atoms with Gasteiger partial charge in [-0.3, -0.25) is 0 Å². The largest absolute Gasteiger partial charge is 0.469 e. The van der Waals surface area contributed by atoms with Gasteiger partial charge in [0.1, 0.15) is 5.76 Å². The number of hydrogen-bond donors (Lipinski definition) is 1. The molecule has 5 heteroatoms. The topological polar surface area (TPSA) is 41.3 Å². The van der Waals surface area contributed by atoms with Crippen LogP contribution in [0, 0.1) is 0 Å². The molecule has 0 atom stereocenters. The average molecular weight is 279 g/mol. The Kier molecular flexibility index (Phi) is 5.42. The van der Waals surface area contributed by atoms with E-state index in [-0.39, 0.29) is 0 Å². The third-order valence-electron chi connectivity index (χ3n) is 3.00. The Morgan fingerprint density at radius 3 is 2.89 bits per heavy atom. The number of aromatic nitrogens is 1. The van der Waals surface area contributed by atoms with Crippen molar-refractivity contribution in [3.63, 3.8) is 0 Å². The SMILES string of the molecule is CCN(CC)c1ncc(CNCCc2ccco2)s1. The quantitative estimate of drug-likeness (QED) is 0.754. The molecule has 104 valence electrons. The molecule has 0 unspecified atom stereocenters. The van der Waals surface area contributed by atoms with Gasteiger partial charge in [-0.15, -0.1) is 11.3 Å². The van der Waals surface area contributed by atoms with Gasteiger partial charge in [-0.1, -0.05) is 0 Å². The van der Waals surface area contributed by atoms with Gasteiger partial charge in [0.2, 0.25) is 0 Å². The molecule has 0 amide bonds. The van der Waals surface area contributed by atoms with Gasteiger partial charge in [0.05, 0.1) is 6.26 Å². The number of nitrogens with zero attached hydrogens (tertiary/aromatic N) is 2. The van der Waals surface area contributed by atoms with Crippen LogP contribution < -0.4 is 10.2 Å². The molecule has 0 aliphatic carbocycles. The third-order valence-corrected chi connectivity index (χ3v) is 4.06. The highest BCUT2D eigenvalue weighted by atomic mass is 32.1. The summed E-state index contributed by atoms with van der Waals surface area (Å²) in [5, 5.41) is 4.54. The molecule has 0 spiro atoms. The lowest BCUT2D eigenvalue weighted by Gasteiger charge is -2.16. The van der Waals surface area contributed by atoms with E-state index in [2.05, 4.69) is 29.0 Å². The maximum Gasteiger partial charge on any atom is 0.185 e. The zero-order valence-corrected chi connectivity index (χ0v) is 12.4. The number of thiazole rings is 1. The van der Waals surface area contributed by atoms with E-state index >= 15 is 0 Å². The number of hydrogen-bond acceptors (Lipinski definition) is 5. The molecule has 1 N–H and O–H groups in total. The van der Waals surface area contributed by atoms with Crippen molar-refractivity contribution < 1.29 is 4.42 Å². The summed E-state index contributed by atoms with van der Waals surface area (Å²) < 4.78 is 5.29. The summed E-state index contributed by atoms with van der Waals surface area (Å²) in [6.07, 6.45) is 4.61. The normalized spacial score (nSPS) is 10.8. The van der Waals surface area contributed by atoms with Crippen molar-refractivity contribution in [2.75, 3.05) is 24.5 Å². The molecule has 0 aromatic carbocycles. The van der Waals surface area contributed by atoms with E-state index < -0.39 is 0 Å². The molecular formula is C14H21N3OS. The smallest absolute Gasteiger partial charge is 0.185 e. The van der Waals surface area contributed by atoms with Gasteiger partial charge in [0, 0.05) is 43.7 Å². The molecule has 2 rings (SSSR count). The first kappa shape index (κ1) is 14.1. The molecule has 0 saturated carbocycles. The predicted molar refractivity (Wildman–Crippen MR) is 79.8 cm³/mol. The number of furan rings is 1. The van der Waals surface area contributed by atoms with Crippen LogP contribution in [0.4, 0.5) is 5.13 Å². The Bertz CT molecular complexity index is 463. The second-order valence-electron chi connectivity index (χ2n) is 4.29. The van der Waals surface area contributed by atoms with Gasteiger partial charge in [-0.2, -0.15) is 0 Å². The van der Waals surface area contributed by atoms with Crippen LogP contribution in [0.3, 0.4) is 0 Å². The lowest BCUT2D eigenvalue weighted by atomic mass is 10.3. The minimum Gasteiger partial charge on any atom is -0.469 e. The second-order valence-corrected chi connectivity index (χ2v) is 5.38. The van der Waals surface area contributed by atoms with E-state index in [4.69, 9.17) is 4.42 Å². The van der Waals surface area contributed by atoms with Crippen molar-refractivity contribution in [1.29, 1.82) is 0 Å². The van der Waals surface area contributed by atoms with Gasteiger partial charge in [-0.25, -0.2) is 4.98 Å². The van der Waals surface area contributed by atoms with Gasteiger partial charge < -0.3 is 14.6 Å². The van der Waals surface area contributed by atoms with Crippen LogP contribution in [0.1, 0.15) is 24.5 Å². The molecule has 0 saturated heterocycles. The Balaban J connectivity index is 1.74. The zero-order chi connectivity index (χ0) is 13.5. The van der Waals surface area contributed by atoms with E-state index in [1.54, 1.807) is 17.6 Å². The van der Waals surface area contributed by atoms with Gasteiger partial charge >= 0.3 is 0 Å². The van der Waals surface area contributed by atoms with Crippen molar-refractivity contribution in [1.82, 2.24) is 10.3 Å². The maximum atomic E-state index is 5.29. The fraction of sp³-hybridized carbons (Fsp3) is 0.500. The highest BCUT2D eigenvalue weighted by Gasteiger charge is 2.07. The molecule has 0 aliphatic rings. The van der Waals surface area contributed by atoms with Gasteiger partial charge in [0.25, 0.3) is 0 Å². The molecular weight excluding hydrogens is 258 g/mol. The van der Waals surface area contributed by atoms with Gasteiger partial charge in [-0.05, 0) is 26.0 Å². The summed E-state index contributed by atoms with van der Waals surface area (Å²) in [6.45, 7) is 8.13. The molecule has 0 aliphatic heterocycles. The van der Waals surface area contributed by atoms with Crippen LogP contribution in [0.5, 0.6) is 0 Å². The summed E-state index contributed by atoms with van der Waals surface area (Å²) in [4.78, 5) is 8.03. The first-order valence-corrected chi connectivity index (χ1v) is 7.57. The number of rotatable bonds is 8. The summed E-state index contributed by atoms with van der Waals surface area (Å²) in [5.74, 6) is 1.03. The van der Waals surface area contributed by atoms with E-state index in [1.807, 2.05) is 18.3 Å². The van der Waals surface area contributed by atoms with E-state index in [0.717, 1.165) is 43.5 Å². The first-order valence-electron chi connectivity index (χ1n) is 6.76. The maximum absolute atomic E-state index is 5.29. The highest BCUT2D eigenvalue weighted by Crippen LogP contribution is 2.21. The number of anilines is 1. The molecule has 2 aromatic rings. The molecule has 19 heavy (non-hydrogen) atoms. The standard InChI is InChI=1S/C14H21N3OS/c1-3-17(4-2)14-16-11-13(19-14)10-15-8-7-12-6-5-9-18-12/h5-6,9,11,15H,3-4,7-8,10H2,1-2H3. The molecule has 0 radical (unpaired) electrons. The summed E-state index contributed by atoms with van der Waals surface area (Å²) >= 11 is 1.77. The second kappa shape index (κ2) is 7.31. The summed E-state index contributed by atoms with van der Waals surface area (Å²) in [6, 6.07) is 3.93. The van der Waals surface area contributed by atoms with Crippen LogP contribution in [0.15, 0.2) is 29.0 Å². The van der Waals surface area contributed by atoms with Crippen LogP contribution >= 0.6 is 11.3 Å². The number of nitrogens with one attached hydrogen (secondary N) is 1. The van der Waals surface area contributed by atoms with Crippen LogP contribution in [-0.2, 0) is 13.0 Å². The predicted octanol–water partition coefficient (Wildman–Crippen LogP) is 2.91. The van der Waals surface area contributed by atoms with Crippen molar-refractivity contribution in [2.24, 2.45) is 0 Å². The molecule has 4 nitrogen and oxygen atoms in total. The summed E-state index contributed by atoms with van der Waals surface area (Å²) in [7, 11) is 0. The lowest BCUT2D eigenvalue weighted by Crippen LogP contribution is -2.21. The monoisotopic (exact) mass is 279 g/mol. The van der Waals surface area contributed by atoms with Crippen LogP contribution in [0.25, 0.3) is 0 Å². The Morgan fingerprint density at radius 2 is 2.21 bits per heavy atom. The van der Waals surface area contributed by atoms with Crippen molar-refractivity contribution in [2.45, 2.75) is 26.8 Å². The van der Waals surface area contributed by atoms with E-state index in [0.29, 0.717) is 0 Å². The Labute approximate surface area is 118 Å². The van der Waals surface area contributed by atoms with Gasteiger partial charge in [0.15, 0.2) is 5.13 Å². The molecule has 2 heterocycles. The van der Waals surface area contributed by atoms with Crippen molar-refractivity contribution in [3.8, 4) is 0 Å². The van der Waals surface area contributed by atoms with Crippen LogP contribution in [-0.4, -0.2) is 24.6 Å². The molecule has 0 fully saturated rings. The molecule has 2 aromatic heterocycles. The fourth-order valence-electron chi connectivity index (χ4n) is 1.90. The fourth-order valence-corrected chi connectivity index (χ4v) is 2.90. The van der Waals surface area contributed by atoms with E-state index in [9.17, 15) is 0 Å².